The standard InChI is InChI=1S/C30H33F3N6O3/c1-18-13-38(26-12-35-25-9-22(30(31,32)33)7-8-24(25)36-26)14-19(2)39(18)28(41)42-23-10-29(11-23)16-37(17-29)15-20-3-5-21(6-4-20)27(34)40/h3-9,12,18-19,23H,10-11,13-17H2,1-2H3,(H2,34,40)/t18-,19+. The van der Waals surface area contributed by atoms with Crippen molar-refractivity contribution in [1.29, 1.82) is 0 Å². The van der Waals surface area contributed by atoms with E-state index in [4.69, 9.17) is 10.5 Å². The van der Waals surface area contributed by atoms with E-state index in [1.54, 1.807) is 17.0 Å². The smallest absolute Gasteiger partial charge is 0.416 e. The lowest BCUT2D eigenvalue weighted by Gasteiger charge is -2.58. The molecule has 3 aliphatic rings. The number of nitrogens with two attached hydrogens (primary N) is 1. The monoisotopic (exact) mass is 582 g/mol. The molecule has 2 amide bonds. The fourth-order valence-electron chi connectivity index (χ4n) is 6.70. The maximum absolute atomic E-state index is 13.2. The van der Waals surface area contributed by atoms with E-state index in [2.05, 4.69) is 14.9 Å². The van der Waals surface area contributed by atoms with Crippen LogP contribution in [0.4, 0.5) is 23.8 Å². The van der Waals surface area contributed by atoms with Crippen LogP contribution in [0.5, 0.6) is 0 Å². The molecule has 1 aliphatic carbocycles. The number of aromatic nitrogens is 2. The Kier molecular flexibility index (Phi) is 6.99. The van der Waals surface area contributed by atoms with Gasteiger partial charge in [0.2, 0.25) is 5.91 Å². The van der Waals surface area contributed by atoms with Crippen molar-refractivity contribution < 1.29 is 27.5 Å². The van der Waals surface area contributed by atoms with Gasteiger partial charge in [-0.2, -0.15) is 13.2 Å². The van der Waals surface area contributed by atoms with Gasteiger partial charge in [0, 0.05) is 43.7 Å². The van der Waals surface area contributed by atoms with Crippen LogP contribution in [0.2, 0.25) is 0 Å². The average Bonchev–Trinajstić information content (AvgIpc) is 2.89. The summed E-state index contributed by atoms with van der Waals surface area (Å²) in [6.07, 6.45) is -1.67. The van der Waals surface area contributed by atoms with Crippen molar-refractivity contribution >= 4 is 28.9 Å². The quantitative estimate of drug-likeness (QED) is 0.474. The van der Waals surface area contributed by atoms with Crippen molar-refractivity contribution in [3.8, 4) is 0 Å². The molecular weight excluding hydrogens is 549 g/mol. The normalized spacial score (nSPS) is 22.6. The molecule has 1 saturated carbocycles. The summed E-state index contributed by atoms with van der Waals surface area (Å²) in [4.78, 5) is 39.3. The molecule has 12 heteroatoms. The number of rotatable bonds is 5. The number of ether oxygens (including phenoxy) is 1. The van der Waals surface area contributed by atoms with E-state index < -0.39 is 17.6 Å². The van der Waals surface area contributed by atoms with Gasteiger partial charge in [0.25, 0.3) is 0 Å². The Labute approximate surface area is 241 Å². The Morgan fingerprint density at radius 1 is 1.02 bits per heavy atom. The number of likely N-dealkylation sites (tertiary alicyclic amines) is 1. The number of amides is 2. The van der Waals surface area contributed by atoms with Crippen molar-refractivity contribution in [1.82, 2.24) is 19.8 Å². The summed E-state index contributed by atoms with van der Waals surface area (Å²) in [5.74, 6) is 0.131. The molecule has 2 aromatic carbocycles. The van der Waals surface area contributed by atoms with Crippen LogP contribution in [0.25, 0.3) is 11.0 Å². The number of hydrogen-bond acceptors (Lipinski definition) is 7. The minimum absolute atomic E-state index is 0.0973. The highest BCUT2D eigenvalue weighted by atomic mass is 19.4. The summed E-state index contributed by atoms with van der Waals surface area (Å²) in [7, 11) is 0. The van der Waals surface area contributed by atoms with Crippen molar-refractivity contribution in [2.24, 2.45) is 11.1 Å². The van der Waals surface area contributed by atoms with Crippen molar-refractivity contribution in [2.75, 3.05) is 31.1 Å². The van der Waals surface area contributed by atoms with E-state index >= 15 is 0 Å². The first-order chi connectivity index (χ1) is 19.9. The minimum Gasteiger partial charge on any atom is -0.446 e. The number of carbonyl (C=O) groups is 2. The summed E-state index contributed by atoms with van der Waals surface area (Å²) in [5.41, 5.74) is 6.95. The number of piperazine rings is 1. The van der Waals surface area contributed by atoms with E-state index in [9.17, 15) is 22.8 Å². The fraction of sp³-hybridized carbons (Fsp3) is 0.467. The summed E-state index contributed by atoms with van der Waals surface area (Å²) in [6, 6.07) is 10.4. The van der Waals surface area contributed by atoms with Gasteiger partial charge in [-0.15, -0.1) is 0 Å². The van der Waals surface area contributed by atoms with E-state index in [1.807, 2.05) is 30.9 Å². The second-order valence-corrected chi connectivity index (χ2v) is 12.1. The predicted octanol–water partition coefficient (Wildman–Crippen LogP) is 4.45. The summed E-state index contributed by atoms with van der Waals surface area (Å²) in [5, 5.41) is 0. The lowest BCUT2D eigenvalue weighted by atomic mass is 9.61. The van der Waals surface area contributed by atoms with Crippen LogP contribution in [0.3, 0.4) is 0 Å². The predicted molar refractivity (Wildman–Crippen MR) is 150 cm³/mol. The van der Waals surface area contributed by atoms with Crippen LogP contribution >= 0.6 is 0 Å². The first kappa shape index (κ1) is 28.2. The maximum atomic E-state index is 13.2. The van der Waals surface area contributed by atoms with Gasteiger partial charge < -0.3 is 15.4 Å². The molecule has 2 atom stereocenters. The highest BCUT2D eigenvalue weighted by molar-refractivity contribution is 5.92. The Morgan fingerprint density at radius 3 is 2.31 bits per heavy atom. The zero-order chi connectivity index (χ0) is 29.8. The molecule has 222 valence electrons. The first-order valence-electron chi connectivity index (χ1n) is 14.1. The number of primary amides is 1. The molecular formula is C30H33F3N6O3. The van der Waals surface area contributed by atoms with Crippen LogP contribution in [0, 0.1) is 5.41 Å². The molecule has 0 bridgehead atoms. The van der Waals surface area contributed by atoms with E-state index in [0.717, 1.165) is 50.2 Å². The summed E-state index contributed by atoms with van der Waals surface area (Å²) >= 11 is 0. The van der Waals surface area contributed by atoms with E-state index in [1.165, 1.54) is 12.3 Å². The van der Waals surface area contributed by atoms with Gasteiger partial charge in [-0.05, 0) is 62.6 Å². The third-order valence-corrected chi connectivity index (χ3v) is 8.66. The Hall–Kier alpha value is -3.93. The number of halogens is 3. The molecule has 0 unspecified atom stereocenters. The van der Waals surface area contributed by atoms with Gasteiger partial charge in [-0.3, -0.25) is 19.6 Å². The lowest BCUT2D eigenvalue weighted by Crippen LogP contribution is -2.65. The second kappa shape index (κ2) is 10.4. The van der Waals surface area contributed by atoms with E-state index in [-0.39, 0.29) is 35.2 Å². The van der Waals surface area contributed by atoms with Crippen LogP contribution < -0.4 is 10.6 Å². The third-order valence-electron chi connectivity index (χ3n) is 8.66. The number of benzene rings is 2. The average molecular weight is 583 g/mol. The molecule has 3 heterocycles. The number of fused-ring (bicyclic) bond motifs is 1. The van der Waals surface area contributed by atoms with Gasteiger partial charge in [0.05, 0.1) is 34.9 Å². The van der Waals surface area contributed by atoms with Crippen LogP contribution in [-0.4, -0.2) is 76.1 Å². The molecule has 42 heavy (non-hydrogen) atoms. The second-order valence-electron chi connectivity index (χ2n) is 12.1. The maximum Gasteiger partial charge on any atom is 0.416 e. The van der Waals surface area contributed by atoms with Gasteiger partial charge in [-0.25, -0.2) is 9.78 Å². The Bertz CT molecular complexity index is 1490. The van der Waals surface area contributed by atoms with Crippen LogP contribution in [0.15, 0.2) is 48.7 Å². The van der Waals surface area contributed by atoms with Crippen LogP contribution in [-0.2, 0) is 17.5 Å². The van der Waals surface area contributed by atoms with Crippen molar-refractivity contribution in [3.63, 3.8) is 0 Å². The molecule has 1 spiro atoms. The number of carbonyl (C=O) groups excluding carboxylic acids is 2. The van der Waals surface area contributed by atoms with Gasteiger partial charge >= 0.3 is 12.3 Å². The molecule has 3 aromatic rings. The van der Waals surface area contributed by atoms with E-state index in [0.29, 0.717) is 30.0 Å². The molecule has 2 N–H and O–H groups in total. The van der Waals surface area contributed by atoms with Crippen LogP contribution in [0.1, 0.15) is 48.2 Å². The number of nitrogens with zero attached hydrogens (tertiary/aromatic N) is 5. The van der Waals surface area contributed by atoms with Gasteiger partial charge in [0.15, 0.2) is 0 Å². The highest BCUT2D eigenvalue weighted by Crippen LogP contribution is 2.50. The largest absolute Gasteiger partial charge is 0.446 e. The van der Waals surface area contributed by atoms with Gasteiger partial charge in [0.1, 0.15) is 11.9 Å². The highest BCUT2D eigenvalue weighted by Gasteiger charge is 2.54. The number of alkyl halides is 3. The third kappa shape index (κ3) is 5.47. The molecule has 2 aliphatic heterocycles. The Morgan fingerprint density at radius 2 is 1.69 bits per heavy atom. The summed E-state index contributed by atoms with van der Waals surface area (Å²) < 4.78 is 45.0. The van der Waals surface area contributed by atoms with Crippen molar-refractivity contribution in [3.05, 3.63) is 65.4 Å². The molecule has 1 aromatic heterocycles. The van der Waals surface area contributed by atoms with Gasteiger partial charge in [-0.1, -0.05) is 12.1 Å². The summed E-state index contributed by atoms with van der Waals surface area (Å²) in [6.45, 7) is 7.63. The fourth-order valence-corrected chi connectivity index (χ4v) is 6.70. The lowest BCUT2D eigenvalue weighted by molar-refractivity contribution is -0.138. The molecule has 0 radical (unpaired) electrons. The number of anilines is 1. The minimum atomic E-state index is -4.44. The zero-order valence-electron chi connectivity index (χ0n) is 23.5. The zero-order valence-corrected chi connectivity index (χ0v) is 23.5. The Balaban J connectivity index is 0.992. The van der Waals surface area contributed by atoms with Crippen molar-refractivity contribution in [2.45, 2.75) is 57.6 Å². The molecule has 9 nitrogen and oxygen atoms in total. The molecule has 3 fully saturated rings. The SMILES string of the molecule is C[C@@H]1CN(c2cnc3cc(C(F)(F)F)ccc3n2)C[C@H](C)N1C(=O)OC1CC2(C1)CN(Cc1ccc(C(N)=O)cc1)C2. The topological polar surface area (TPSA) is 105 Å². The first-order valence-corrected chi connectivity index (χ1v) is 14.1. The molecule has 6 rings (SSSR count). The molecule has 2 saturated heterocycles. The number of hydrogen-bond donors (Lipinski definition) is 1.